The number of hydrazone groups is 1. The van der Waals surface area contributed by atoms with E-state index < -0.39 is 0 Å². The van der Waals surface area contributed by atoms with Crippen molar-refractivity contribution >= 4 is 11.6 Å². The average molecular weight is 490 g/mol. The van der Waals surface area contributed by atoms with Gasteiger partial charge in [-0.2, -0.15) is 5.10 Å². The summed E-state index contributed by atoms with van der Waals surface area (Å²) in [5.41, 5.74) is 1.75. The minimum absolute atomic E-state index is 0.140. The van der Waals surface area contributed by atoms with E-state index in [-0.39, 0.29) is 18.5 Å². The van der Waals surface area contributed by atoms with Crippen molar-refractivity contribution in [1.82, 2.24) is 20.1 Å². The van der Waals surface area contributed by atoms with Crippen molar-refractivity contribution in [2.45, 2.75) is 32.4 Å². The van der Waals surface area contributed by atoms with E-state index in [1.54, 1.807) is 31.8 Å². The van der Waals surface area contributed by atoms with Crippen LogP contribution in [0.5, 0.6) is 5.75 Å². The second-order valence-electron chi connectivity index (χ2n) is 8.44. The zero-order chi connectivity index (χ0) is 24.9. The lowest BCUT2D eigenvalue weighted by molar-refractivity contribution is -0.134. The topological polar surface area (TPSA) is 110 Å². The molecule has 1 aromatic carbocycles. The molecule has 10 heteroatoms. The lowest BCUT2D eigenvalue weighted by atomic mass is 10.0. The van der Waals surface area contributed by atoms with E-state index in [1.165, 1.54) is 5.01 Å². The molecule has 36 heavy (non-hydrogen) atoms. The van der Waals surface area contributed by atoms with Crippen molar-refractivity contribution in [3.8, 4) is 17.4 Å². The Balaban J connectivity index is 1.33. The summed E-state index contributed by atoms with van der Waals surface area (Å²) < 4.78 is 22.0. The lowest BCUT2D eigenvalue weighted by Gasteiger charge is -2.24. The predicted molar refractivity (Wildman–Crippen MR) is 130 cm³/mol. The number of benzene rings is 1. The van der Waals surface area contributed by atoms with E-state index in [4.69, 9.17) is 23.1 Å². The first-order valence-corrected chi connectivity index (χ1v) is 11.8. The standard InChI is InChI=1S/C26H27N5O5/c1-3-12-30(16-24-27-28-26(36-24)23-7-5-14-35-23)17-25(32)31-21(22-6-4-13-34-22)15-20(29-31)18-8-10-19(33-2)11-9-18/h4-11,13-14,21H,3,12,15-17H2,1-2H3. The Labute approximate surface area is 208 Å². The molecule has 10 nitrogen and oxygen atoms in total. The second-order valence-corrected chi connectivity index (χ2v) is 8.44. The molecule has 0 N–H and O–H groups in total. The zero-order valence-corrected chi connectivity index (χ0v) is 20.2. The minimum Gasteiger partial charge on any atom is -0.497 e. The van der Waals surface area contributed by atoms with Gasteiger partial charge in [-0.1, -0.05) is 6.92 Å². The van der Waals surface area contributed by atoms with Gasteiger partial charge >= 0.3 is 0 Å². The molecule has 1 aliphatic heterocycles. The average Bonchev–Trinajstić information content (AvgIpc) is 3.69. The second kappa shape index (κ2) is 10.6. The fourth-order valence-corrected chi connectivity index (χ4v) is 4.20. The third-order valence-corrected chi connectivity index (χ3v) is 5.92. The van der Waals surface area contributed by atoms with Gasteiger partial charge in [-0.3, -0.25) is 9.69 Å². The molecule has 0 spiro atoms. The summed E-state index contributed by atoms with van der Waals surface area (Å²) >= 11 is 0. The largest absolute Gasteiger partial charge is 0.497 e. The van der Waals surface area contributed by atoms with Gasteiger partial charge in [0.15, 0.2) is 5.76 Å². The minimum atomic E-state index is -0.318. The Morgan fingerprint density at radius 3 is 2.61 bits per heavy atom. The number of furan rings is 2. The van der Waals surface area contributed by atoms with E-state index >= 15 is 0 Å². The summed E-state index contributed by atoms with van der Waals surface area (Å²) in [6.45, 7) is 3.21. The summed E-state index contributed by atoms with van der Waals surface area (Å²) in [6, 6.07) is 14.5. The molecule has 1 atom stereocenters. The van der Waals surface area contributed by atoms with Gasteiger partial charge in [0.2, 0.25) is 5.89 Å². The number of methoxy groups -OCH3 is 1. The van der Waals surface area contributed by atoms with Crippen LogP contribution < -0.4 is 4.74 Å². The first-order valence-electron chi connectivity index (χ1n) is 11.8. The Hall–Kier alpha value is -4.18. The first-order chi connectivity index (χ1) is 17.6. The molecule has 0 radical (unpaired) electrons. The van der Waals surface area contributed by atoms with Gasteiger partial charge in [0.05, 0.1) is 38.4 Å². The number of ether oxygens (including phenoxy) is 1. The van der Waals surface area contributed by atoms with Crippen LogP contribution in [-0.4, -0.2) is 51.9 Å². The van der Waals surface area contributed by atoms with Crippen molar-refractivity contribution in [3.63, 3.8) is 0 Å². The number of hydrogen-bond acceptors (Lipinski definition) is 9. The fourth-order valence-electron chi connectivity index (χ4n) is 4.20. The van der Waals surface area contributed by atoms with Crippen molar-refractivity contribution in [2.75, 3.05) is 20.2 Å². The maximum Gasteiger partial charge on any atom is 0.283 e. The van der Waals surface area contributed by atoms with Crippen molar-refractivity contribution in [2.24, 2.45) is 5.10 Å². The zero-order valence-electron chi connectivity index (χ0n) is 20.2. The molecule has 1 unspecified atom stereocenters. The summed E-state index contributed by atoms with van der Waals surface area (Å²) in [4.78, 5) is 15.5. The molecular weight excluding hydrogens is 462 g/mol. The monoisotopic (exact) mass is 489 g/mol. The van der Waals surface area contributed by atoms with Crippen LogP contribution in [0.3, 0.4) is 0 Å². The Kier molecular flexibility index (Phi) is 6.94. The van der Waals surface area contributed by atoms with E-state index in [0.717, 1.165) is 23.4 Å². The highest BCUT2D eigenvalue weighted by molar-refractivity contribution is 6.03. The molecule has 1 aliphatic rings. The molecule has 0 bridgehead atoms. The van der Waals surface area contributed by atoms with Crippen LogP contribution in [0.4, 0.5) is 0 Å². The molecule has 0 saturated carbocycles. The number of carbonyl (C=O) groups is 1. The molecule has 0 saturated heterocycles. The Morgan fingerprint density at radius 1 is 1.11 bits per heavy atom. The van der Waals surface area contributed by atoms with E-state index in [2.05, 4.69) is 17.1 Å². The van der Waals surface area contributed by atoms with Crippen LogP contribution in [0.1, 0.15) is 43.0 Å². The van der Waals surface area contributed by atoms with Gasteiger partial charge in [-0.25, -0.2) is 5.01 Å². The summed E-state index contributed by atoms with van der Waals surface area (Å²) in [6.07, 6.45) is 4.57. The molecular formula is C26H27N5O5. The summed E-state index contributed by atoms with van der Waals surface area (Å²) in [7, 11) is 1.63. The van der Waals surface area contributed by atoms with Crippen LogP contribution in [0.15, 0.2) is 79.4 Å². The van der Waals surface area contributed by atoms with Crippen molar-refractivity contribution < 1.29 is 22.8 Å². The Bertz CT molecular complexity index is 1290. The van der Waals surface area contributed by atoms with Crippen LogP contribution in [0.2, 0.25) is 0 Å². The maximum absolute atomic E-state index is 13.5. The molecule has 3 aromatic heterocycles. The van der Waals surface area contributed by atoms with Gasteiger partial charge in [0, 0.05) is 6.42 Å². The van der Waals surface area contributed by atoms with Gasteiger partial charge in [-0.15, -0.1) is 10.2 Å². The number of carbonyl (C=O) groups excluding carboxylic acids is 1. The molecule has 0 aliphatic carbocycles. The van der Waals surface area contributed by atoms with Crippen molar-refractivity contribution in [1.29, 1.82) is 0 Å². The molecule has 0 fully saturated rings. The molecule has 4 heterocycles. The molecule has 186 valence electrons. The highest BCUT2D eigenvalue weighted by atomic mass is 16.5. The van der Waals surface area contributed by atoms with Crippen LogP contribution in [0, 0.1) is 0 Å². The van der Waals surface area contributed by atoms with Crippen molar-refractivity contribution in [3.05, 3.63) is 78.3 Å². The number of rotatable bonds is 10. The fraction of sp³-hybridized carbons (Fsp3) is 0.308. The number of nitrogens with zero attached hydrogens (tertiary/aromatic N) is 5. The predicted octanol–water partition coefficient (Wildman–Crippen LogP) is 4.52. The molecule has 4 aromatic rings. The van der Waals surface area contributed by atoms with Gasteiger partial charge < -0.3 is 18.0 Å². The number of amides is 1. The summed E-state index contributed by atoms with van der Waals surface area (Å²) in [5, 5.41) is 14.4. The van der Waals surface area contributed by atoms with E-state index in [9.17, 15) is 4.79 Å². The lowest BCUT2D eigenvalue weighted by Crippen LogP contribution is -2.38. The molecule has 1 amide bonds. The third kappa shape index (κ3) is 5.08. The smallest absolute Gasteiger partial charge is 0.283 e. The molecule has 5 rings (SSSR count). The highest BCUT2D eigenvalue weighted by Gasteiger charge is 2.35. The normalized spacial score (nSPS) is 15.5. The van der Waals surface area contributed by atoms with Crippen LogP contribution in [-0.2, 0) is 11.3 Å². The summed E-state index contributed by atoms with van der Waals surface area (Å²) in [5.74, 6) is 2.54. The third-order valence-electron chi connectivity index (χ3n) is 5.92. The maximum atomic E-state index is 13.5. The Morgan fingerprint density at radius 2 is 1.92 bits per heavy atom. The SMILES string of the molecule is CCCN(CC(=O)N1N=C(c2ccc(OC)cc2)CC1c1ccco1)Cc1nnc(-c2ccco2)o1. The van der Waals surface area contributed by atoms with Gasteiger partial charge in [0.1, 0.15) is 17.6 Å². The van der Waals surface area contributed by atoms with E-state index in [1.807, 2.05) is 41.3 Å². The quantitative estimate of drug-likeness (QED) is 0.320. The number of aromatic nitrogens is 2. The first kappa shape index (κ1) is 23.6. The highest BCUT2D eigenvalue weighted by Crippen LogP contribution is 2.33. The van der Waals surface area contributed by atoms with Crippen LogP contribution >= 0.6 is 0 Å². The van der Waals surface area contributed by atoms with Gasteiger partial charge in [-0.05, 0) is 67.1 Å². The van der Waals surface area contributed by atoms with E-state index in [0.29, 0.717) is 42.8 Å². The van der Waals surface area contributed by atoms with Gasteiger partial charge in [0.25, 0.3) is 11.8 Å². The number of hydrogen-bond donors (Lipinski definition) is 0. The van der Waals surface area contributed by atoms with Crippen LogP contribution in [0.25, 0.3) is 11.7 Å².